The quantitative estimate of drug-likeness (QED) is 0.714. The number of hydrogen-bond acceptors (Lipinski definition) is 3. The molecule has 4 heteroatoms. The van der Waals surface area contributed by atoms with Gasteiger partial charge >= 0.3 is 0 Å². The van der Waals surface area contributed by atoms with Gasteiger partial charge in [0.05, 0.1) is 12.1 Å². The Balaban J connectivity index is 1.70. The number of piperidine rings is 1. The van der Waals surface area contributed by atoms with Gasteiger partial charge in [-0.15, -0.1) is 0 Å². The molecule has 0 aromatic carbocycles. The van der Waals surface area contributed by atoms with E-state index in [9.17, 15) is 4.79 Å². The molecule has 0 aromatic rings. The largest absolute Gasteiger partial charge is 0.306 e. The van der Waals surface area contributed by atoms with Gasteiger partial charge in [0, 0.05) is 0 Å². The van der Waals surface area contributed by atoms with Crippen molar-refractivity contribution in [3.05, 3.63) is 0 Å². The molecule has 1 aliphatic heterocycles. The Labute approximate surface area is 97.1 Å². The molecule has 2 fully saturated rings. The van der Waals surface area contributed by atoms with Gasteiger partial charge in [-0.2, -0.15) is 0 Å². The van der Waals surface area contributed by atoms with Gasteiger partial charge in [-0.25, -0.2) is 5.48 Å². The second-order valence-electron chi connectivity index (χ2n) is 5.13. The number of carbonyl (C=O) groups excluding carboxylic acids is 1. The van der Waals surface area contributed by atoms with Crippen LogP contribution in [0.15, 0.2) is 0 Å². The molecule has 4 nitrogen and oxygen atoms in total. The molecule has 2 unspecified atom stereocenters. The normalized spacial score (nSPS) is 31.6. The molecule has 0 radical (unpaired) electrons. The molecule has 1 saturated carbocycles. The lowest BCUT2D eigenvalue weighted by Gasteiger charge is -2.27. The highest BCUT2D eigenvalue weighted by Crippen LogP contribution is 2.20. The zero-order valence-corrected chi connectivity index (χ0v) is 10.00. The molecule has 0 spiro atoms. The van der Waals surface area contributed by atoms with Crippen LogP contribution in [0.4, 0.5) is 0 Å². The summed E-state index contributed by atoms with van der Waals surface area (Å²) in [5.74, 6) is 0.627. The lowest BCUT2D eigenvalue weighted by Crippen LogP contribution is -2.48. The smallest absolute Gasteiger partial charge is 0.260 e. The maximum Gasteiger partial charge on any atom is 0.260 e. The lowest BCUT2D eigenvalue weighted by atomic mass is 9.94. The summed E-state index contributed by atoms with van der Waals surface area (Å²) >= 11 is 0. The Hall–Kier alpha value is -0.610. The molecular weight excluding hydrogens is 204 g/mol. The van der Waals surface area contributed by atoms with Crippen LogP contribution in [0.5, 0.6) is 0 Å². The van der Waals surface area contributed by atoms with Crippen molar-refractivity contribution in [3.8, 4) is 0 Å². The summed E-state index contributed by atoms with van der Waals surface area (Å²) < 4.78 is 0. The predicted molar refractivity (Wildman–Crippen MR) is 61.7 cm³/mol. The summed E-state index contributed by atoms with van der Waals surface area (Å²) in [5.41, 5.74) is 2.61. The van der Waals surface area contributed by atoms with E-state index < -0.39 is 0 Å². The molecule has 0 aromatic heterocycles. The zero-order valence-electron chi connectivity index (χ0n) is 10.00. The highest BCUT2D eigenvalue weighted by atomic mass is 16.7. The number of carbonyl (C=O) groups is 1. The van der Waals surface area contributed by atoms with E-state index >= 15 is 0 Å². The van der Waals surface area contributed by atoms with Crippen molar-refractivity contribution in [2.45, 2.75) is 57.6 Å². The topological polar surface area (TPSA) is 50.4 Å². The van der Waals surface area contributed by atoms with Crippen molar-refractivity contribution < 1.29 is 9.63 Å². The summed E-state index contributed by atoms with van der Waals surface area (Å²) in [6, 6.07) is -0.0647. The fourth-order valence-corrected chi connectivity index (χ4v) is 2.53. The molecule has 1 aliphatic carbocycles. The van der Waals surface area contributed by atoms with Crippen molar-refractivity contribution in [2.24, 2.45) is 5.92 Å². The van der Waals surface area contributed by atoms with Gasteiger partial charge < -0.3 is 5.32 Å². The number of hydroxylamine groups is 1. The second kappa shape index (κ2) is 5.64. The van der Waals surface area contributed by atoms with Gasteiger partial charge in [0.25, 0.3) is 5.91 Å². The second-order valence-corrected chi connectivity index (χ2v) is 5.13. The molecule has 1 amide bonds. The van der Waals surface area contributed by atoms with Crippen LogP contribution in [-0.2, 0) is 9.63 Å². The van der Waals surface area contributed by atoms with Gasteiger partial charge in [0.1, 0.15) is 0 Å². The Bertz CT molecular complexity index is 239. The van der Waals surface area contributed by atoms with Crippen LogP contribution >= 0.6 is 0 Å². The van der Waals surface area contributed by atoms with E-state index in [-0.39, 0.29) is 18.1 Å². The summed E-state index contributed by atoms with van der Waals surface area (Å²) in [5, 5.41) is 3.23. The summed E-state index contributed by atoms with van der Waals surface area (Å²) in [6.45, 7) is 3.13. The highest BCUT2D eigenvalue weighted by Gasteiger charge is 2.25. The molecule has 2 N–H and O–H groups in total. The summed E-state index contributed by atoms with van der Waals surface area (Å²) in [6.07, 6.45) is 6.92. The van der Waals surface area contributed by atoms with Gasteiger partial charge in [-0.3, -0.25) is 9.63 Å². The molecule has 2 rings (SSSR count). The number of amides is 1. The molecule has 1 heterocycles. The number of nitrogens with one attached hydrogen (secondary N) is 2. The SMILES string of the molecule is CC1CCNC(C(=O)NOC2CCCC2)C1. The average Bonchev–Trinajstić information content (AvgIpc) is 2.78. The van der Waals surface area contributed by atoms with Crippen LogP contribution in [0, 0.1) is 5.92 Å². The van der Waals surface area contributed by atoms with Crippen LogP contribution in [0.3, 0.4) is 0 Å². The Kier molecular flexibility index (Phi) is 4.18. The minimum Gasteiger partial charge on any atom is -0.306 e. The van der Waals surface area contributed by atoms with E-state index in [2.05, 4.69) is 17.7 Å². The standard InChI is InChI=1S/C12H22N2O2/c1-9-6-7-13-11(8-9)12(15)14-16-10-4-2-3-5-10/h9-11,13H,2-8H2,1H3,(H,14,15). The third-order valence-electron chi connectivity index (χ3n) is 3.61. The zero-order chi connectivity index (χ0) is 11.4. The first kappa shape index (κ1) is 11.9. The predicted octanol–water partition coefficient (Wildman–Crippen LogP) is 1.36. The van der Waals surface area contributed by atoms with Crippen molar-refractivity contribution in [1.82, 2.24) is 10.8 Å². The van der Waals surface area contributed by atoms with Crippen LogP contribution in [-0.4, -0.2) is 24.6 Å². The van der Waals surface area contributed by atoms with E-state index in [0.29, 0.717) is 5.92 Å². The molecule has 1 saturated heterocycles. The molecular formula is C12H22N2O2. The third kappa shape index (κ3) is 3.19. The van der Waals surface area contributed by atoms with Crippen LogP contribution in [0.1, 0.15) is 45.4 Å². The van der Waals surface area contributed by atoms with Crippen molar-refractivity contribution in [2.75, 3.05) is 6.54 Å². The van der Waals surface area contributed by atoms with Gasteiger partial charge in [0.2, 0.25) is 0 Å². The third-order valence-corrected chi connectivity index (χ3v) is 3.61. The average molecular weight is 226 g/mol. The fourth-order valence-electron chi connectivity index (χ4n) is 2.53. The number of hydrogen-bond donors (Lipinski definition) is 2. The minimum atomic E-state index is -0.0647. The maximum atomic E-state index is 11.8. The fraction of sp³-hybridized carbons (Fsp3) is 0.917. The van der Waals surface area contributed by atoms with Crippen LogP contribution in [0.25, 0.3) is 0 Å². The molecule has 2 aliphatic rings. The maximum absolute atomic E-state index is 11.8. The van der Waals surface area contributed by atoms with Crippen LogP contribution in [0.2, 0.25) is 0 Å². The first-order valence-corrected chi connectivity index (χ1v) is 6.44. The molecule has 0 bridgehead atoms. The minimum absolute atomic E-state index is 0.00144. The summed E-state index contributed by atoms with van der Waals surface area (Å²) in [4.78, 5) is 17.2. The van der Waals surface area contributed by atoms with E-state index in [1.807, 2.05) is 0 Å². The van der Waals surface area contributed by atoms with Crippen LogP contribution < -0.4 is 10.8 Å². The van der Waals surface area contributed by atoms with E-state index in [0.717, 1.165) is 32.2 Å². The lowest BCUT2D eigenvalue weighted by molar-refractivity contribution is -0.141. The molecule has 92 valence electrons. The van der Waals surface area contributed by atoms with Gasteiger partial charge in [-0.05, 0) is 38.1 Å². The monoisotopic (exact) mass is 226 g/mol. The van der Waals surface area contributed by atoms with Crippen molar-refractivity contribution in [3.63, 3.8) is 0 Å². The molecule has 2 atom stereocenters. The molecule has 16 heavy (non-hydrogen) atoms. The van der Waals surface area contributed by atoms with Crippen molar-refractivity contribution >= 4 is 5.91 Å². The van der Waals surface area contributed by atoms with Crippen molar-refractivity contribution in [1.29, 1.82) is 0 Å². The van der Waals surface area contributed by atoms with E-state index in [1.54, 1.807) is 0 Å². The number of rotatable bonds is 3. The highest BCUT2D eigenvalue weighted by molar-refractivity contribution is 5.80. The Morgan fingerprint density at radius 1 is 1.31 bits per heavy atom. The Morgan fingerprint density at radius 3 is 2.75 bits per heavy atom. The van der Waals surface area contributed by atoms with Gasteiger partial charge in [0.15, 0.2) is 0 Å². The Morgan fingerprint density at radius 2 is 2.06 bits per heavy atom. The van der Waals surface area contributed by atoms with E-state index in [1.165, 1.54) is 12.8 Å². The first-order chi connectivity index (χ1) is 7.75. The van der Waals surface area contributed by atoms with Gasteiger partial charge in [-0.1, -0.05) is 19.8 Å². The first-order valence-electron chi connectivity index (χ1n) is 6.44. The summed E-state index contributed by atoms with van der Waals surface area (Å²) in [7, 11) is 0. The van der Waals surface area contributed by atoms with E-state index in [4.69, 9.17) is 4.84 Å².